The summed E-state index contributed by atoms with van der Waals surface area (Å²) >= 11 is 7.23. The molecule has 3 heteroatoms. The third kappa shape index (κ3) is 4.30. The number of ether oxygens (including phenoxy) is 1. The zero-order chi connectivity index (χ0) is 10.3. The lowest BCUT2D eigenvalue weighted by Crippen LogP contribution is -2.31. The van der Waals surface area contributed by atoms with E-state index in [0.29, 0.717) is 11.3 Å². The van der Waals surface area contributed by atoms with Crippen molar-refractivity contribution in [2.24, 2.45) is 11.3 Å². The minimum atomic E-state index is 0.387. The van der Waals surface area contributed by atoms with Gasteiger partial charge in [-0.1, -0.05) is 45.7 Å². The van der Waals surface area contributed by atoms with E-state index in [1.807, 2.05) is 0 Å². The van der Waals surface area contributed by atoms with E-state index in [9.17, 15) is 0 Å². The van der Waals surface area contributed by atoms with Crippen molar-refractivity contribution in [3.05, 3.63) is 0 Å². The second kappa shape index (κ2) is 7.24. The van der Waals surface area contributed by atoms with Gasteiger partial charge in [0.05, 0.1) is 0 Å². The van der Waals surface area contributed by atoms with E-state index in [2.05, 4.69) is 45.7 Å². The number of hydrogen-bond acceptors (Lipinski definition) is 1. The fourth-order valence-corrected chi connectivity index (χ4v) is 4.12. The van der Waals surface area contributed by atoms with Gasteiger partial charge in [0.2, 0.25) is 0 Å². The van der Waals surface area contributed by atoms with Crippen LogP contribution in [0.15, 0.2) is 0 Å². The van der Waals surface area contributed by atoms with Crippen LogP contribution in [0, 0.1) is 11.3 Å². The highest BCUT2D eigenvalue weighted by molar-refractivity contribution is 9.09. The summed E-state index contributed by atoms with van der Waals surface area (Å²) in [5.41, 5.74) is 0.387. The van der Waals surface area contributed by atoms with Gasteiger partial charge >= 0.3 is 0 Å². The topological polar surface area (TPSA) is 9.23 Å². The molecule has 0 aliphatic rings. The predicted molar refractivity (Wildman–Crippen MR) is 66.0 cm³/mol. The first kappa shape index (κ1) is 13.9. The van der Waals surface area contributed by atoms with Gasteiger partial charge in [0.25, 0.3) is 0 Å². The number of rotatable bonds is 7. The summed E-state index contributed by atoms with van der Waals surface area (Å²) < 4.78 is 5.08. The van der Waals surface area contributed by atoms with Crippen LogP contribution in [0.25, 0.3) is 0 Å². The maximum absolute atomic E-state index is 5.08. The highest BCUT2D eigenvalue weighted by atomic mass is 79.9. The summed E-state index contributed by atoms with van der Waals surface area (Å²) in [6.07, 6.45) is 2.36. The molecule has 0 aromatic rings. The second-order valence-electron chi connectivity index (χ2n) is 3.88. The first-order valence-electron chi connectivity index (χ1n) is 4.74. The van der Waals surface area contributed by atoms with E-state index in [1.165, 1.54) is 6.42 Å². The highest BCUT2D eigenvalue weighted by Crippen LogP contribution is 2.36. The Balaban J connectivity index is 4.06. The van der Waals surface area contributed by atoms with Crippen LogP contribution in [0.2, 0.25) is 0 Å². The molecule has 0 unspecified atom stereocenters. The molecule has 0 radical (unpaired) electrons. The van der Waals surface area contributed by atoms with Crippen LogP contribution < -0.4 is 0 Å². The van der Waals surface area contributed by atoms with Gasteiger partial charge in [-0.2, -0.15) is 0 Å². The number of alkyl halides is 2. The van der Waals surface area contributed by atoms with Crippen LogP contribution >= 0.6 is 31.9 Å². The summed E-state index contributed by atoms with van der Waals surface area (Å²) in [6.45, 7) is 5.44. The first-order chi connectivity index (χ1) is 6.13. The minimum Gasteiger partial charge on any atom is -0.385 e. The van der Waals surface area contributed by atoms with Crippen LogP contribution in [0.1, 0.15) is 26.7 Å². The molecule has 0 bridgehead atoms. The van der Waals surface area contributed by atoms with Crippen LogP contribution in [-0.4, -0.2) is 24.4 Å². The maximum Gasteiger partial charge on any atom is 0.0462 e. The van der Waals surface area contributed by atoms with Crippen LogP contribution in [-0.2, 0) is 4.74 Å². The van der Waals surface area contributed by atoms with Gasteiger partial charge in [0.15, 0.2) is 0 Å². The Morgan fingerprint density at radius 1 is 1.23 bits per heavy atom. The van der Waals surface area contributed by atoms with Gasteiger partial charge in [-0.05, 0) is 24.2 Å². The SMILES string of the molecule is COCCCC(CBr)(CBr)C(C)C. The molecule has 80 valence electrons. The normalized spacial score (nSPS) is 12.5. The van der Waals surface area contributed by atoms with Crippen molar-refractivity contribution in [2.75, 3.05) is 24.4 Å². The Morgan fingerprint density at radius 2 is 1.77 bits per heavy atom. The fourth-order valence-electron chi connectivity index (χ4n) is 1.34. The number of halogens is 2. The summed E-state index contributed by atoms with van der Waals surface area (Å²) in [5, 5.41) is 2.12. The molecule has 0 rings (SSSR count). The third-order valence-corrected chi connectivity index (χ3v) is 5.01. The molecule has 0 heterocycles. The number of methoxy groups -OCH3 is 1. The van der Waals surface area contributed by atoms with Crippen LogP contribution in [0.3, 0.4) is 0 Å². The zero-order valence-electron chi connectivity index (χ0n) is 8.78. The highest BCUT2D eigenvalue weighted by Gasteiger charge is 2.30. The van der Waals surface area contributed by atoms with Gasteiger partial charge in [-0.15, -0.1) is 0 Å². The van der Waals surface area contributed by atoms with Crippen LogP contribution in [0.4, 0.5) is 0 Å². The Hall–Kier alpha value is 0.920. The molecule has 0 spiro atoms. The van der Waals surface area contributed by atoms with Crippen molar-refractivity contribution in [1.82, 2.24) is 0 Å². The van der Waals surface area contributed by atoms with Crippen molar-refractivity contribution in [2.45, 2.75) is 26.7 Å². The number of hydrogen-bond donors (Lipinski definition) is 0. The first-order valence-corrected chi connectivity index (χ1v) is 6.98. The molecular formula is C10H20Br2O. The molecule has 0 aromatic carbocycles. The average Bonchev–Trinajstić information content (AvgIpc) is 2.13. The second-order valence-corrected chi connectivity index (χ2v) is 5.00. The molecule has 0 aromatic heterocycles. The molecule has 1 nitrogen and oxygen atoms in total. The Kier molecular flexibility index (Phi) is 7.76. The molecule has 0 fully saturated rings. The summed E-state index contributed by atoms with van der Waals surface area (Å²) in [4.78, 5) is 0. The van der Waals surface area contributed by atoms with Crippen molar-refractivity contribution in [3.63, 3.8) is 0 Å². The maximum atomic E-state index is 5.08. The van der Waals surface area contributed by atoms with E-state index >= 15 is 0 Å². The fraction of sp³-hybridized carbons (Fsp3) is 1.00. The van der Waals surface area contributed by atoms with Gasteiger partial charge in [-0.25, -0.2) is 0 Å². The van der Waals surface area contributed by atoms with Gasteiger partial charge in [0, 0.05) is 24.4 Å². The van der Waals surface area contributed by atoms with Gasteiger partial charge in [-0.3, -0.25) is 0 Å². The van der Waals surface area contributed by atoms with E-state index in [-0.39, 0.29) is 0 Å². The third-order valence-electron chi connectivity index (χ3n) is 2.78. The van der Waals surface area contributed by atoms with Gasteiger partial charge < -0.3 is 4.74 Å². The molecule has 0 saturated heterocycles. The molecule has 0 aliphatic carbocycles. The lowest BCUT2D eigenvalue weighted by molar-refractivity contribution is 0.162. The lowest BCUT2D eigenvalue weighted by Gasteiger charge is -2.34. The van der Waals surface area contributed by atoms with Crippen molar-refractivity contribution >= 4 is 31.9 Å². The van der Waals surface area contributed by atoms with E-state index in [4.69, 9.17) is 4.74 Å². The van der Waals surface area contributed by atoms with Crippen molar-refractivity contribution in [1.29, 1.82) is 0 Å². The largest absolute Gasteiger partial charge is 0.385 e. The monoisotopic (exact) mass is 314 g/mol. The molecular weight excluding hydrogens is 296 g/mol. The quantitative estimate of drug-likeness (QED) is 0.512. The Morgan fingerprint density at radius 3 is 2.08 bits per heavy atom. The van der Waals surface area contributed by atoms with E-state index in [1.54, 1.807) is 7.11 Å². The van der Waals surface area contributed by atoms with Crippen molar-refractivity contribution < 1.29 is 4.74 Å². The molecule has 0 atom stereocenters. The summed E-state index contributed by atoms with van der Waals surface area (Å²) in [7, 11) is 1.76. The standard InChI is InChI=1S/C10H20Br2O/c1-9(2)10(7-11,8-12)5-4-6-13-3/h9H,4-8H2,1-3H3. The van der Waals surface area contributed by atoms with E-state index < -0.39 is 0 Å². The Bertz CT molecular complexity index is 122. The summed E-state index contributed by atoms with van der Waals surface area (Å²) in [5.74, 6) is 0.697. The van der Waals surface area contributed by atoms with Crippen LogP contribution in [0.5, 0.6) is 0 Å². The molecule has 0 N–H and O–H groups in total. The molecule has 0 saturated carbocycles. The average molecular weight is 316 g/mol. The summed E-state index contributed by atoms with van der Waals surface area (Å²) in [6, 6.07) is 0. The smallest absolute Gasteiger partial charge is 0.0462 e. The molecule has 0 amide bonds. The van der Waals surface area contributed by atoms with Crippen molar-refractivity contribution in [3.8, 4) is 0 Å². The zero-order valence-corrected chi connectivity index (χ0v) is 11.9. The lowest BCUT2D eigenvalue weighted by atomic mass is 9.77. The minimum absolute atomic E-state index is 0.387. The molecule has 0 aliphatic heterocycles. The van der Waals surface area contributed by atoms with Gasteiger partial charge in [0.1, 0.15) is 0 Å². The molecule has 13 heavy (non-hydrogen) atoms. The predicted octanol–water partition coefficient (Wildman–Crippen LogP) is 3.85. The van der Waals surface area contributed by atoms with E-state index in [0.717, 1.165) is 23.7 Å². The Labute approximate surface area is 98.9 Å².